The fourth-order valence-electron chi connectivity index (χ4n) is 2.18. The topological polar surface area (TPSA) is 40.5 Å². The number of carboxylic acids is 1. The van der Waals surface area contributed by atoms with Crippen molar-refractivity contribution >= 4 is 11.7 Å². The molecule has 0 spiro atoms. The SMILES string of the molecule is CC(C)C1CN(c2cccc(CC(=O)O)c2)C1. The molecule has 1 aliphatic heterocycles. The highest BCUT2D eigenvalue weighted by atomic mass is 16.4. The van der Waals surface area contributed by atoms with Crippen LogP contribution in [0.15, 0.2) is 24.3 Å². The third-order valence-electron chi connectivity index (χ3n) is 3.48. The molecule has 0 unspecified atom stereocenters. The summed E-state index contributed by atoms with van der Waals surface area (Å²) < 4.78 is 0. The molecule has 0 aliphatic carbocycles. The van der Waals surface area contributed by atoms with Gasteiger partial charge in [0, 0.05) is 18.8 Å². The highest BCUT2D eigenvalue weighted by molar-refractivity contribution is 5.71. The van der Waals surface area contributed by atoms with Crippen LogP contribution in [0.4, 0.5) is 5.69 Å². The van der Waals surface area contributed by atoms with E-state index in [2.05, 4.69) is 24.8 Å². The number of benzene rings is 1. The van der Waals surface area contributed by atoms with Gasteiger partial charge in [-0.3, -0.25) is 4.79 Å². The molecular weight excluding hydrogens is 214 g/mol. The van der Waals surface area contributed by atoms with Gasteiger partial charge in [-0.2, -0.15) is 0 Å². The van der Waals surface area contributed by atoms with E-state index in [0.717, 1.165) is 36.2 Å². The quantitative estimate of drug-likeness (QED) is 0.868. The van der Waals surface area contributed by atoms with Gasteiger partial charge < -0.3 is 10.0 Å². The molecule has 1 aliphatic rings. The molecule has 3 heteroatoms. The highest BCUT2D eigenvalue weighted by Crippen LogP contribution is 2.29. The lowest BCUT2D eigenvalue weighted by Gasteiger charge is -2.43. The lowest BCUT2D eigenvalue weighted by atomic mass is 9.88. The fourth-order valence-corrected chi connectivity index (χ4v) is 2.18. The zero-order valence-electron chi connectivity index (χ0n) is 10.4. The van der Waals surface area contributed by atoms with Gasteiger partial charge in [0.1, 0.15) is 0 Å². The van der Waals surface area contributed by atoms with E-state index in [1.54, 1.807) is 0 Å². The van der Waals surface area contributed by atoms with Crippen molar-refractivity contribution < 1.29 is 9.90 Å². The molecule has 92 valence electrons. The van der Waals surface area contributed by atoms with Gasteiger partial charge in [0.15, 0.2) is 0 Å². The first kappa shape index (κ1) is 12.0. The van der Waals surface area contributed by atoms with Crippen molar-refractivity contribution in [2.24, 2.45) is 11.8 Å². The van der Waals surface area contributed by atoms with Crippen molar-refractivity contribution in [3.05, 3.63) is 29.8 Å². The van der Waals surface area contributed by atoms with Crippen molar-refractivity contribution in [3.63, 3.8) is 0 Å². The first-order valence-electron chi connectivity index (χ1n) is 6.12. The van der Waals surface area contributed by atoms with Gasteiger partial charge in [-0.15, -0.1) is 0 Å². The van der Waals surface area contributed by atoms with Crippen molar-refractivity contribution in [1.82, 2.24) is 0 Å². The van der Waals surface area contributed by atoms with Gasteiger partial charge in [-0.1, -0.05) is 26.0 Å². The van der Waals surface area contributed by atoms with Crippen LogP contribution in [-0.4, -0.2) is 24.2 Å². The molecule has 1 saturated heterocycles. The number of hydrogen-bond donors (Lipinski definition) is 1. The summed E-state index contributed by atoms with van der Waals surface area (Å²) in [5, 5.41) is 8.77. The lowest BCUT2D eigenvalue weighted by molar-refractivity contribution is -0.136. The molecule has 1 aromatic rings. The maximum Gasteiger partial charge on any atom is 0.307 e. The molecule has 3 nitrogen and oxygen atoms in total. The molecule has 0 aromatic heterocycles. The van der Waals surface area contributed by atoms with Crippen LogP contribution in [-0.2, 0) is 11.2 Å². The third kappa shape index (κ3) is 2.78. The second kappa shape index (κ2) is 4.78. The minimum atomic E-state index is -0.772. The smallest absolute Gasteiger partial charge is 0.307 e. The minimum Gasteiger partial charge on any atom is -0.481 e. The molecule has 1 aromatic carbocycles. The molecule has 1 heterocycles. The summed E-state index contributed by atoms with van der Waals surface area (Å²) >= 11 is 0. The maximum absolute atomic E-state index is 10.7. The number of anilines is 1. The van der Waals surface area contributed by atoms with Crippen LogP contribution in [0.3, 0.4) is 0 Å². The average Bonchev–Trinajstić information content (AvgIpc) is 2.13. The predicted molar refractivity (Wildman–Crippen MR) is 68.3 cm³/mol. The van der Waals surface area contributed by atoms with Crippen molar-refractivity contribution in [3.8, 4) is 0 Å². The first-order valence-corrected chi connectivity index (χ1v) is 6.12. The molecule has 1 N–H and O–H groups in total. The Bertz CT molecular complexity index is 408. The fraction of sp³-hybridized carbons (Fsp3) is 0.500. The van der Waals surface area contributed by atoms with Crippen molar-refractivity contribution in [2.45, 2.75) is 20.3 Å². The Labute approximate surface area is 102 Å². The van der Waals surface area contributed by atoms with E-state index < -0.39 is 5.97 Å². The summed E-state index contributed by atoms with van der Waals surface area (Å²) in [5.41, 5.74) is 2.03. The largest absolute Gasteiger partial charge is 0.481 e. The molecule has 17 heavy (non-hydrogen) atoms. The highest BCUT2D eigenvalue weighted by Gasteiger charge is 2.29. The summed E-state index contributed by atoms with van der Waals surface area (Å²) in [6.45, 7) is 6.69. The van der Waals surface area contributed by atoms with Gasteiger partial charge in [-0.25, -0.2) is 0 Å². The van der Waals surface area contributed by atoms with Crippen LogP contribution in [0.1, 0.15) is 19.4 Å². The zero-order valence-corrected chi connectivity index (χ0v) is 10.4. The van der Waals surface area contributed by atoms with E-state index in [0.29, 0.717) is 0 Å². The molecule has 0 atom stereocenters. The normalized spacial score (nSPS) is 16.1. The van der Waals surface area contributed by atoms with Crippen LogP contribution in [0.2, 0.25) is 0 Å². The Kier molecular flexibility index (Phi) is 3.36. The van der Waals surface area contributed by atoms with Crippen molar-refractivity contribution in [2.75, 3.05) is 18.0 Å². The summed E-state index contributed by atoms with van der Waals surface area (Å²) in [4.78, 5) is 13.0. The standard InChI is InChI=1S/C14H19NO2/c1-10(2)12-8-15(9-12)13-5-3-4-11(6-13)7-14(16)17/h3-6,10,12H,7-9H2,1-2H3,(H,16,17). The van der Waals surface area contributed by atoms with Crippen LogP contribution in [0, 0.1) is 11.8 Å². The molecule has 0 amide bonds. The Balaban J connectivity index is 2.00. The van der Waals surface area contributed by atoms with E-state index in [-0.39, 0.29) is 6.42 Å². The molecule has 0 radical (unpaired) electrons. The van der Waals surface area contributed by atoms with Gasteiger partial charge in [0.05, 0.1) is 6.42 Å². The second-order valence-corrected chi connectivity index (χ2v) is 5.15. The summed E-state index contributed by atoms with van der Waals surface area (Å²) in [6.07, 6.45) is 0.106. The molecule has 2 rings (SSSR count). The first-order chi connectivity index (χ1) is 8.06. The number of carboxylic acid groups (broad SMARTS) is 1. The Morgan fingerprint density at radius 2 is 2.18 bits per heavy atom. The van der Waals surface area contributed by atoms with Crippen LogP contribution >= 0.6 is 0 Å². The maximum atomic E-state index is 10.7. The van der Waals surface area contributed by atoms with E-state index >= 15 is 0 Å². The lowest BCUT2D eigenvalue weighted by Crippen LogP contribution is -2.49. The zero-order chi connectivity index (χ0) is 12.4. The number of hydrogen-bond acceptors (Lipinski definition) is 2. The van der Waals surface area contributed by atoms with E-state index in [9.17, 15) is 4.79 Å². The van der Waals surface area contributed by atoms with Gasteiger partial charge in [-0.05, 0) is 29.5 Å². The molecular formula is C14H19NO2. The van der Waals surface area contributed by atoms with E-state index in [4.69, 9.17) is 5.11 Å². The van der Waals surface area contributed by atoms with Gasteiger partial charge >= 0.3 is 5.97 Å². The third-order valence-corrected chi connectivity index (χ3v) is 3.48. The molecule has 1 fully saturated rings. The minimum absolute atomic E-state index is 0.106. The molecule has 0 bridgehead atoms. The number of rotatable bonds is 4. The Morgan fingerprint density at radius 1 is 1.47 bits per heavy atom. The van der Waals surface area contributed by atoms with Gasteiger partial charge in [0.25, 0.3) is 0 Å². The number of aliphatic carboxylic acids is 1. The van der Waals surface area contributed by atoms with E-state index in [1.807, 2.05) is 18.2 Å². The van der Waals surface area contributed by atoms with Crippen LogP contribution in [0.5, 0.6) is 0 Å². The van der Waals surface area contributed by atoms with E-state index in [1.165, 1.54) is 0 Å². The van der Waals surface area contributed by atoms with Crippen LogP contribution in [0.25, 0.3) is 0 Å². The Hall–Kier alpha value is -1.51. The van der Waals surface area contributed by atoms with Crippen molar-refractivity contribution in [1.29, 1.82) is 0 Å². The summed E-state index contributed by atoms with van der Waals surface area (Å²) in [6, 6.07) is 7.86. The summed E-state index contributed by atoms with van der Waals surface area (Å²) in [5.74, 6) is 0.734. The molecule has 0 saturated carbocycles. The van der Waals surface area contributed by atoms with Gasteiger partial charge in [0.2, 0.25) is 0 Å². The predicted octanol–water partition coefficient (Wildman–Crippen LogP) is 2.41. The van der Waals surface area contributed by atoms with Crippen LogP contribution < -0.4 is 4.90 Å². The Morgan fingerprint density at radius 3 is 2.76 bits per heavy atom. The summed E-state index contributed by atoms with van der Waals surface area (Å²) in [7, 11) is 0. The number of carbonyl (C=O) groups is 1. The average molecular weight is 233 g/mol. The number of nitrogens with zero attached hydrogens (tertiary/aromatic N) is 1. The second-order valence-electron chi connectivity index (χ2n) is 5.15. The monoisotopic (exact) mass is 233 g/mol.